The van der Waals surface area contributed by atoms with E-state index in [0.29, 0.717) is 17.5 Å². The fourth-order valence-corrected chi connectivity index (χ4v) is 2.55. The summed E-state index contributed by atoms with van der Waals surface area (Å²) in [6.07, 6.45) is -0.532. The summed E-state index contributed by atoms with van der Waals surface area (Å²) in [6, 6.07) is 5.12. The molecule has 2 unspecified atom stereocenters. The van der Waals surface area contributed by atoms with E-state index < -0.39 is 18.2 Å². The highest BCUT2D eigenvalue weighted by molar-refractivity contribution is 5.98. The Morgan fingerprint density at radius 1 is 1.33 bits per heavy atom. The molecule has 5 nitrogen and oxygen atoms in total. The molecule has 5 heteroatoms. The van der Waals surface area contributed by atoms with Gasteiger partial charge < -0.3 is 14.9 Å². The first-order valence-electron chi connectivity index (χ1n) is 7.20. The number of hydrogen-bond donors (Lipinski definition) is 2. The molecule has 0 aliphatic heterocycles. The lowest BCUT2D eigenvalue weighted by Gasteiger charge is -2.20. The van der Waals surface area contributed by atoms with Crippen LogP contribution in [-0.2, 0) is 16.0 Å². The van der Waals surface area contributed by atoms with Gasteiger partial charge in [-0.3, -0.25) is 9.59 Å². The number of hydrogen-bond acceptors (Lipinski definition) is 5. The Bertz CT molecular complexity index is 537. The van der Waals surface area contributed by atoms with E-state index in [1.54, 1.807) is 19.1 Å². The average molecular weight is 292 g/mol. The van der Waals surface area contributed by atoms with Gasteiger partial charge in [-0.2, -0.15) is 0 Å². The highest BCUT2D eigenvalue weighted by Gasteiger charge is 2.24. The first-order valence-corrected chi connectivity index (χ1v) is 7.20. The van der Waals surface area contributed by atoms with Crippen molar-refractivity contribution in [1.82, 2.24) is 0 Å². The van der Waals surface area contributed by atoms with Crippen LogP contribution in [0, 0.1) is 0 Å². The molecule has 0 spiro atoms. The van der Waals surface area contributed by atoms with Crippen LogP contribution in [0.4, 0.5) is 0 Å². The lowest BCUT2D eigenvalue weighted by Crippen LogP contribution is -2.23. The molecule has 1 aromatic carbocycles. The van der Waals surface area contributed by atoms with Crippen molar-refractivity contribution < 1.29 is 24.5 Å². The van der Waals surface area contributed by atoms with Gasteiger partial charge in [-0.1, -0.05) is 12.1 Å². The maximum atomic E-state index is 11.9. The van der Waals surface area contributed by atoms with E-state index in [-0.39, 0.29) is 18.8 Å². The third-order valence-corrected chi connectivity index (χ3v) is 3.67. The topological polar surface area (TPSA) is 83.8 Å². The van der Waals surface area contributed by atoms with Crippen molar-refractivity contribution in [2.45, 2.75) is 44.8 Å². The van der Waals surface area contributed by atoms with E-state index in [9.17, 15) is 19.8 Å². The van der Waals surface area contributed by atoms with Crippen LogP contribution in [0.3, 0.4) is 0 Å². The van der Waals surface area contributed by atoms with Gasteiger partial charge in [0.15, 0.2) is 5.78 Å². The molecule has 2 N–H and O–H groups in total. The highest BCUT2D eigenvalue weighted by atomic mass is 16.5. The molecule has 0 bridgehead atoms. The van der Waals surface area contributed by atoms with E-state index in [1.807, 2.05) is 6.07 Å². The van der Waals surface area contributed by atoms with Crippen molar-refractivity contribution in [3.63, 3.8) is 0 Å². The predicted molar refractivity (Wildman–Crippen MR) is 75.9 cm³/mol. The number of aliphatic hydroxyl groups is 2. The zero-order valence-electron chi connectivity index (χ0n) is 12.0. The summed E-state index contributed by atoms with van der Waals surface area (Å²) >= 11 is 0. The number of aliphatic hydroxyl groups excluding tert-OH is 2. The second kappa shape index (κ2) is 6.83. The van der Waals surface area contributed by atoms with Crippen LogP contribution in [0.15, 0.2) is 18.2 Å². The van der Waals surface area contributed by atoms with Crippen LogP contribution in [0.25, 0.3) is 0 Å². The van der Waals surface area contributed by atoms with E-state index in [1.165, 1.54) is 0 Å². The smallest absolute Gasteiger partial charge is 0.308 e. The number of Topliss-reactive ketones (excluding diaryl/α,β-unsaturated/α-hetero) is 1. The minimum absolute atomic E-state index is 0.0604. The molecular formula is C16H20O5. The van der Waals surface area contributed by atoms with E-state index in [2.05, 4.69) is 0 Å². The lowest BCUT2D eigenvalue weighted by atomic mass is 9.88. The number of rotatable bonds is 5. The molecule has 0 fully saturated rings. The number of esters is 1. The molecular weight excluding hydrogens is 272 g/mol. The summed E-state index contributed by atoms with van der Waals surface area (Å²) in [6.45, 7) is 1.91. The standard InChI is InChI=1S/C16H20O5/c1-2-21-15(19)9-14(18)16(20)11-7-6-10-4-3-5-13(17)12(10)8-11/h6-8,14,16,18,20H,2-5,9H2,1H3. The Kier molecular flexibility index (Phi) is 5.09. The highest BCUT2D eigenvalue weighted by Crippen LogP contribution is 2.26. The molecule has 1 aliphatic carbocycles. The largest absolute Gasteiger partial charge is 0.466 e. The Morgan fingerprint density at radius 2 is 2.10 bits per heavy atom. The molecule has 0 radical (unpaired) electrons. The van der Waals surface area contributed by atoms with Crippen LogP contribution in [0.1, 0.15) is 53.8 Å². The minimum Gasteiger partial charge on any atom is -0.466 e. The zero-order valence-corrected chi connectivity index (χ0v) is 12.0. The summed E-state index contributed by atoms with van der Waals surface area (Å²) in [5, 5.41) is 20.0. The summed E-state index contributed by atoms with van der Waals surface area (Å²) in [5.74, 6) is -0.497. The number of ketones is 1. The van der Waals surface area contributed by atoms with Crippen LogP contribution >= 0.6 is 0 Å². The van der Waals surface area contributed by atoms with Crippen LogP contribution in [-0.4, -0.2) is 34.7 Å². The van der Waals surface area contributed by atoms with Gasteiger partial charge in [-0.05, 0) is 37.0 Å². The van der Waals surface area contributed by atoms with Gasteiger partial charge in [0, 0.05) is 12.0 Å². The molecule has 0 aromatic heterocycles. The third kappa shape index (κ3) is 3.68. The Balaban J connectivity index is 2.12. The van der Waals surface area contributed by atoms with Crippen molar-refractivity contribution in [2.75, 3.05) is 6.61 Å². The summed E-state index contributed by atoms with van der Waals surface area (Å²) in [5.41, 5.74) is 2.03. The molecule has 0 saturated heterocycles. The zero-order chi connectivity index (χ0) is 15.4. The summed E-state index contributed by atoms with van der Waals surface area (Å²) < 4.78 is 4.74. The second-order valence-electron chi connectivity index (χ2n) is 5.21. The Labute approximate surface area is 123 Å². The first-order chi connectivity index (χ1) is 10.0. The van der Waals surface area contributed by atoms with Gasteiger partial charge in [0.05, 0.1) is 19.1 Å². The van der Waals surface area contributed by atoms with Gasteiger partial charge in [-0.25, -0.2) is 0 Å². The predicted octanol–water partition coefficient (Wildman–Crippen LogP) is 1.55. The van der Waals surface area contributed by atoms with Gasteiger partial charge >= 0.3 is 5.97 Å². The molecule has 1 aliphatic rings. The van der Waals surface area contributed by atoms with E-state index >= 15 is 0 Å². The fourth-order valence-electron chi connectivity index (χ4n) is 2.55. The number of aryl methyl sites for hydroxylation is 1. The Morgan fingerprint density at radius 3 is 2.81 bits per heavy atom. The van der Waals surface area contributed by atoms with Gasteiger partial charge in [0.25, 0.3) is 0 Å². The summed E-state index contributed by atoms with van der Waals surface area (Å²) in [7, 11) is 0. The molecule has 21 heavy (non-hydrogen) atoms. The Hall–Kier alpha value is -1.72. The maximum Gasteiger partial charge on any atom is 0.308 e. The molecule has 2 rings (SSSR count). The van der Waals surface area contributed by atoms with Gasteiger partial charge in [0.2, 0.25) is 0 Å². The first kappa shape index (κ1) is 15.7. The number of ether oxygens (including phenoxy) is 1. The van der Waals surface area contributed by atoms with E-state index in [0.717, 1.165) is 18.4 Å². The number of carbonyl (C=O) groups excluding carboxylic acids is 2. The second-order valence-corrected chi connectivity index (χ2v) is 5.21. The molecule has 0 amide bonds. The number of fused-ring (bicyclic) bond motifs is 1. The molecule has 0 saturated carbocycles. The number of benzene rings is 1. The number of carbonyl (C=O) groups is 2. The lowest BCUT2D eigenvalue weighted by molar-refractivity contribution is -0.147. The average Bonchev–Trinajstić information content (AvgIpc) is 2.46. The van der Waals surface area contributed by atoms with Gasteiger partial charge in [-0.15, -0.1) is 0 Å². The molecule has 0 heterocycles. The van der Waals surface area contributed by atoms with Gasteiger partial charge in [0.1, 0.15) is 6.10 Å². The van der Waals surface area contributed by atoms with Crippen molar-refractivity contribution >= 4 is 11.8 Å². The van der Waals surface area contributed by atoms with Crippen LogP contribution < -0.4 is 0 Å². The quantitative estimate of drug-likeness (QED) is 0.804. The van der Waals surface area contributed by atoms with Crippen molar-refractivity contribution in [1.29, 1.82) is 0 Å². The minimum atomic E-state index is -1.25. The van der Waals surface area contributed by atoms with Crippen LogP contribution in [0.2, 0.25) is 0 Å². The third-order valence-electron chi connectivity index (χ3n) is 3.67. The van der Waals surface area contributed by atoms with Crippen LogP contribution in [0.5, 0.6) is 0 Å². The maximum absolute atomic E-state index is 11.9. The van der Waals surface area contributed by atoms with Crippen molar-refractivity contribution in [2.24, 2.45) is 0 Å². The SMILES string of the molecule is CCOC(=O)CC(O)C(O)c1ccc2c(c1)C(=O)CCC2. The molecule has 1 aromatic rings. The van der Waals surface area contributed by atoms with Crippen molar-refractivity contribution in [3.8, 4) is 0 Å². The van der Waals surface area contributed by atoms with Crippen molar-refractivity contribution in [3.05, 3.63) is 34.9 Å². The van der Waals surface area contributed by atoms with E-state index in [4.69, 9.17) is 4.74 Å². The molecule has 2 atom stereocenters. The molecule has 114 valence electrons. The fraction of sp³-hybridized carbons (Fsp3) is 0.500. The monoisotopic (exact) mass is 292 g/mol. The normalized spacial score (nSPS) is 17.0. The summed E-state index contributed by atoms with van der Waals surface area (Å²) in [4.78, 5) is 23.2.